The normalized spacial score (nSPS) is 9.86. The first-order valence-electron chi connectivity index (χ1n) is 4.44. The SMILES string of the molecule is SCCOc1ccc(OCCS)cc1. The van der Waals surface area contributed by atoms with E-state index in [4.69, 9.17) is 9.47 Å². The zero-order chi connectivity index (χ0) is 10.2. The molecule has 0 bridgehead atoms. The lowest BCUT2D eigenvalue weighted by Crippen LogP contribution is -1.99. The summed E-state index contributed by atoms with van der Waals surface area (Å²) in [6, 6.07) is 7.54. The zero-order valence-corrected chi connectivity index (χ0v) is 9.64. The highest BCUT2D eigenvalue weighted by atomic mass is 32.1. The maximum absolute atomic E-state index is 5.37. The van der Waals surface area contributed by atoms with Gasteiger partial charge < -0.3 is 9.47 Å². The Morgan fingerprint density at radius 1 is 0.786 bits per heavy atom. The van der Waals surface area contributed by atoms with Crippen LogP contribution in [0.3, 0.4) is 0 Å². The Morgan fingerprint density at radius 3 is 1.43 bits per heavy atom. The molecule has 0 aromatic heterocycles. The van der Waals surface area contributed by atoms with E-state index in [0.717, 1.165) is 23.0 Å². The van der Waals surface area contributed by atoms with Crippen molar-refractivity contribution in [2.45, 2.75) is 0 Å². The lowest BCUT2D eigenvalue weighted by atomic mass is 10.3. The van der Waals surface area contributed by atoms with Crippen molar-refractivity contribution in [3.63, 3.8) is 0 Å². The summed E-state index contributed by atoms with van der Waals surface area (Å²) in [6.07, 6.45) is 0. The lowest BCUT2D eigenvalue weighted by Gasteiger charge is -2.06. The van der Waals surface area contributed by atoms with Crippen molar-refractivity contribution < 1.29 is 9.47 Å². The van der Waals surface area contributed by atoms with Crippen molar-refractivity contribution >= 4 is 25.3 Å². The van der Waals surface area contributed by atoms with Gasteiger partial charge in [-0.3, -0.25) is 0 Å². The van der Waals surface area contributed by atoms with Gasteiger partial charge in [-0.1, -0.05) is 0 Å². The van der Waals surface area contributed by atoms with Gasteiger partial charge in [0.25, 0.3) is 0 Å². The van der Waals surface area contributed by atoms with Crippen LogP contribution in [0.4, 0.5) is 0 Å². The summed E-state index contributed by atoms with van der Waals surface area (Å²) in [5.74, 6) is 3.13. The lowest BCUT2D eigenvalue weighted by molar-refractivity contribution is 0.334. The van der Waals surface area contributed by atoms with Crippen LogP contribution in [0, 0.1) is 0 Å². The van der Waals surface area contributed by atoms with Gasteiger partial charge in [0.2, 0.25) is 0 Å². The fourth-order valence-corrected chi connectivity index (χ4v) is 1.14. The maximum Gasteiger partial charge on any atom is 0.119 e. The third-order valence-corrected chi connectivity index (χ3v) is 1.91. The number of ether oxygens (including phenoxy) is 2. The molecule has 0 atom stereocenters. The van der Waals surface area contributed by atoms with Crippen LogP contribution in [0.15, 0.2) is 24.3 Å². The van der Waals surface area contributed by atoms with Crippen LogP contribution >= 0.6 is 25.3 Å². The second kappa shape index (κ2) is 6.90. The Hall–Kier alpha value is -0.480. The van der Waals surface area contributed by atoms with E-state index in [1.165, 1.54) is 0 Å². The van der Waals surface area contributed by atoms with E-state index in [9.17, 15) is 0 Å². The minimum absolute atomic E-state index is 0.625. The molecule has 0 unspecified atom stereocenters. The number of hydrogen-bond donors (Lipinski definition) is 2. The van der Waals surface area contributed by atoms with Gasteiger partial charge in [-0.2, -0.15) is 25.3 Å². The van der Waals surface area contributed by atoms with E-state index in [0.29, 0.717) is 13.2 Å². The first-order chi connectivity index (χ1) is 6.86. The molecule has 0 heterocycles. The zero-order valence-electron chi connectivity index (χ0n) is 7.85. The minimum Gasteiger partial charge on any atom is -0.493 e. The Bertz CT molecular complexity index is 222. The molecule has 0 aliphatic heterocycles. The predicted molar refractivity (Wildman–Crippen MR) is 65.1 cm³/mol. The average Bonchev–Trinajstić information content (AvgIpc) is 2.25. The second-order valence-electron chi connectivity index (χ2n) is 2.62. The fourth-order valence-electron chi connectivity index (χ4n) is 0.959. The standard InChI is InChI=1S/C10H14O2S2/c13-7-5-11-9-1-2-10(4-3-9)12-6-8-14/h1-4,13-14H,5-8H2. The summed E-state index contributed by atoms with van der Waals surface area (Å²) in [5, 5.41) is 0. The molecule has 0 fully saturated rings. The molecule has 0 spiro atoms. The van der Waals surface area contributed by atoms with Crippen molar-refractivity contribution in [3.8, 4) is 11.5 Å². The molecule has 0 aliphatic rings. The number of benzene rings is 1. The average molecular weight is 230 g/mol. The van der Waals surface area contributed by atoms with Crippen LogP contribution < -0.4 is 9.47 Å². The Labute approximate surface area is 95.4 Å². The molecule has 1 aromatic rings. The van der Waals surface area contributed by atoms with E-state index in [1.54, 1.807) is 0 Å². The topological polar surface area (TPSA) is 18.5 Å². The van der Waals surface area contributed by atoms with Crippen molar-refractivity contribution in [1.29, 1.82) is 0 Å². The first kappa shape index (κ1) is 11.6. The summed E-state index contributed by atoms with van der Waals surface area (Å²) in [7, 11) is 0. The van der Waals surface area contributed by atoms with Crippen LogP contribution in [0.5, 0.6) is 11.5 Å². The Kier molecular flexibility index (Phi) is 5.71. The monoisotopic (exact) mass is 230 g/mol. The molecule has 2 nitrogen and oxygen atoms in total. The molecule has 0 amide bonds. The summed E-state index contributed by atoms with van der Waals surface area (Å²) < 4.78 is 10.7. The molecule has 14 heavy (non-hydrogen) atoms. The van der Waals surface area contributed by atoms with Crippen molar-refractivity contribution in [1.82, 2.24) is 0 Å². The third kappa shape index (κ3) is 4.15. The molecule has 1 aromatic carbocycles. The van der Waals surface area contributed by atoms with Crippen LogP contribution in [0.1, 0.15) is 0 Å². The molecular weight excluding hydrogens is 216 g/mol. The van der Waals surface area contributed by atoms with Crippen molar-refractivity contribution in [2.75, 3.05) is 24.7 Å². The predicted octanol–water partition coefficient (Wildman–Crippen LogP) is 2.30. The number of rotatable bonds is 6. The summed E-state index contributed by atoms with van der Waals surface area (Å²) in [4.78, 5) is 0. The number of hydrogen-bond acceptors (Lipinski definition) is 4. The number of thiol groups is 2. The van der Waals surface area contributed by atoms with Crippen molar-refractivity contribution in [3.05, 3.63) is 24.3 Å². The maximum atomic E-state index is 5.37. The van der Waals surface area contributed by atoms with E-state index in [2.05, 4.69) is 25.3 Å². The third-order valence-electron chi connectivity index (χ3n) is 1.54. The highest BCUT2D eigenvalue weighted by molar-refractivity contribution is 7.80. The van der Waals surface area contributed by atoms with Crippen LogP contribution in [-0.2, 0) is 0 Å². The quantitative estimate of drug-likeness (QED) is 0.731. The molecule has 1 rings (SSSR count). The fraction of sp³-hybridized carbons (Fsp3) is 0.400. The molecule has 0 saturated heterocycles. The van der Waals surface area contributed by atoms with Gasteiger partial charge in [0.05, 0.1) is 13.2 Å². The highest BCUT2D eigenvalue weighted by Crippen LogP contribution is 2.17. The molecule has 0 aliphatic carbocycles. The largest absolute Gasteiger partial charge is 0.493 e. The van der Waals surface area contributed by atoms with Gasteiger partial charge in [0, 0.05) is 11.5 Å². The summed E-state index contributed by atoms with van der Waals surface area (Å²) >= 11 is 8.12. The van der Waals surface area contributed by atoms with E-state index < -0.39 is 0 Å². The van der Waals surface area contributed by atoms with Gasteiger partial charge >= 0.3 is 0 Å². The second-order valence-corrected chi connectivity index (χ2v) is 3.51. The molecular formula is C10H14O2S2. The van der Waals surface area contributed by atoms with Crippen LogP contribution in [-0.4, -0.2) is 24.7 Å². The van der Waals surface area contributed by atoms with Crippen LogP contribution in [0.25, 0.3) is 0 Å². The Balaban J connectivity index is 2.42. The van der Waals surface area contributed by atoms with Gasteiger partial charge in [-0.15, -0.1) is 0 Å². The van der Waals surface area contributed by atoms with Gasteiger partial charge in [0.15, 0.2) is 0 Å². The van der Waals surface area contributed by atoms with Gasteiger partial charge in [-0.05, 0) is 24.3 Å². The van der Waals surface area contributed by atoms with E-state index in [1.807, 2.05) is 24.3 Å². The van der Waals surface area contributed by atoms with Crippen LogP contribution in [0.2, 0.25) is 0 Å². The summed E-state index contributed by atoms with van der Waals surface area (Å²) in [5.41, 5.74) is 0. The summed E-state index contributed by atoms with van der Waals surface area (Å²) in [6.45, 7) is 1.25. The van der Waals surface area contributed by atoms with Gasteiger partial charge in [-0.25, -0.2) is 0 Å². The first-order valence-corrected chi connectivity index (χ1v) is 5.70. The van der Waals surface area contributed by atoms with Gasteiger partial charge in [0.1, 0.15) is 11.5 Å². The smallest absolute Gasteiger partial charge is 0.119 e. The molecule has 4 heteroatoms. The van der Waals surface area contributed by atoms with E-state index in [-0.39, 0.29) is 0 Å². The molecule has 0 saturated carbocycles. The minimum atomic E-state index is 0.625. The van der Waals surface area contributed by atoms with E-state index >= 15 is 0 Å². The molecule has 0 radical (unpaired) electrons. The highest BCUT2D eigenvalue weighted by Gasteiger charge is 1.95. The Morgan fingerprint density at radius 2 is 1.14 bits per heavy atom. The molecule has 78 valence electrons. The molecule has 0 N–H and O–H groups in total. The van der Waals surface area contributed by atoms with Crippen molar-refractivity contribution in [2.24, 2.45) is 0 Å².